The summed E-state index contributed by atoms with van der Waals surface area (Å²) in [6.07, 6.45) is 0. The maximum absolute atomic E-state index is 6.00. The molecule has 1 aromatic carbocycles. The highest BCUT2D eigenvalue weighted by Gasteiger charge is 2.13. The van der Waals surface area contributed by atoms with Crippen molar-refractivity contribution in [3.05, 3.63) is 63.7 Å². The van der Waals surface area contributed by atoms with Gasteiger partial charge in [0.25, 0.3) is 0 Å². The van der Waals surface area contributed by atoms with Gasteiger partial charge in [0.15, 0.2) is 5.82 Å². The van der Waals surface area contributed by atoms with Crippen LogP contribution in [0.25, 0.3) is 16.7 Å². The molecule has 0 amide bonds. The van der Waals surface area contributed by atoms with E-state index in [2.05, 4.69) is 59.4 Å². The lowest BCUT2D eigenvalue weighted by atomic mass is 10.0. The quantitative estimate of drug-likeness (QED) is 0.488. The van der Waals surface area contributed by atoms with E-state index in [1.54, 1.807) is 4.68 Å². The second kappa shape index (κ2) is 6.87. The van der Waals surface area contributed by atoms with Crippen molar-refractivity contribution in [2.45, 2.75) is 34.6 Å². The van der Waals surface area contributed by atoms with E-state index in [1.807, 2.05) is 26.0 Å². The average molecular weight is 393 g/mol. The molecular formula is C21H21ClN6. The summed E-state index contributed by atoms with van der Waals surface area (Å²) in [5.74, 6) is 2.13. The topological polar surface area (TPSA) is 68.5 Å². The Labute approximate surface area is 168 Å². The van der Waals surface area contributed by atoms with Gasteiger partial charge >= 0.3 is 0 Å². The molecule has 0 bridgehead atoms. The van der Waals surface area contributed by atoms with E-state index < -0.39 is 0 Å². The standard InChI is InChI=1S/C21H21ClN6/c1-11-6-13(3)20-16(7-11)12(2)8-18(26-20)28-19(10-15(5)27-28)24-17-9-14(4)23-21(22)25-17/h6-10H,1-5H3,(H,23,24,25). The lowest BCUT2D eigenvalue weighted by Crippen LogP contribution is -2.07. The molecule has 28 heavy (non-hydrogen) atoms. The second-order valence-electron chi connectivity index (χ2n) is 7.15. The fraction of sp³-hybridized carbons (Fsp3) is 0.238. The Hall–Kier alpha value is -2.99. The molecule has 4 rings (SSSR count). The Morgan fingerprint density at radius 2 is 1.61 bits per heavy atom. The summed E-state index contributed by atoms with van der Waals surface area (Å²) >= 11 is 6.00. The van der Waals surface area contributed by atoms with Crippen LogP contribution in [0.3, 0.4) is 0 Å². The van der Waals surface area contributed by atoms with Crippen LogP contribution in [0.4, 0.5) is 11.6 Å². The number of nitrogens with zero attached hydrogens (tertiary/aromatic N) is 5. The normalized spacial score (nSPS) is 11.2. The first-order chi connectivity index (χ1) is 13.3. The lowest BCUT2D eigenvalue weighted by Gasteiger charge is -2.13. The van der Waals surface area contributed by atoms with Gasteiger partial charge in [0, 0.05) is 23.2 Å². The number of benzene rings is 1. The first-order valence-corrected chi connectivity index (χ1v) is 9.42. The van der Waals surface area contributed by atoms with Gasteiger partial charge in [-0.05, 0) is 69.5 Å². The van der Waals surface area contributed by atoms with Crippen molar-refractivity contribution >= 4 is 34.1 Å². The first kappa shape index (κ1) is 18.4. The molecule has 0 saturated carbocycles. The van der Waals surface area contributed by atoms with E-state index in [0.717, 1.165) is 45.1 Å². The number of hydrogen-bond donors (Lipinski definition) is 1. The third-order valence-electron chi connectivity index (χ3n) is 4.57. The summed E-state index contributed by atoms with van der Waals surface area (Å²) in [6, 6.07) is 10.2. The van der Waals surface area contributed by atoms with E-state index in [-0.39, 0.29) is 5.28 Å². The Morgan fingerprint density at radius 1 is 0.821 bits per heavy atom. The van der Waals surface area contributed by atoms with Gasteiger partial charge in [-0.2, -0.15) is 9.78 Å². The molecule has 0 saturated heterocycles. The van der Waals surface area contributed by atoms with Crippen molar-refractivity contribution in [1.29, 1.82) is 0 Å². The summed E-state index contributed by atoms with van der Waals surface area (Å²) in [7, 11) is 0. The SMILES string of the molecule is Cc1cc(C)c2nc(-n3nc(C)cc3Nc3cc(C)nc(Cl)n3)cc(C)c2c1. The number of aromatic nitrogens is 5. The fourth-order valence-electron chi connectivity index (χ4n) is 3.43. The number of rotatable bonds is 3. The minimum atomic E-state index is 0.205. The number of anilines is 2. The largest absolute Gasteiger partial charge is 0.325 e. The van der Waals surface area contributed by atoms with Crippen LogP contribution in [0, 0.1) is 34.6 Å². The fourth-order valence-corrected chi connectivity index (χ4v) is 3.65. The molecule has 142 valence electrons. The van der Waals surface area contributed by atoms with E-state index in [4.69, 9.17) is 16.6 Å². The summed E-state index contributed by atoms with van der Waals surface area (Å²) in [5.41, 5.74) is 6.19. The number of fused-ring (bicyclic) bond motifs is 1. The van der Waals surface area contributed by atoms with Crippen LogP contribution < -0.4 is 5.32 Å². The van der Waals surface area contributed by atoms with Crippen LogP contribution in [-0.2, 0) is 0 Å². The highest BCUT2D eigenvalue weighted by atomic mass is 35.5. The molecule has 3 heterocycles. The maximum atomic E-state index is 6.00. The van der Waals surface area contributed by atoms with Gasteiger partial charge in [-0.25, -0.2) is 15.0 Å². The van der Waals surface area contributed by atoms with Gasteiger partial charge < -0.3 is 5.32 Å². The van der Waals surface area contributed by atoms with E-state index in [1.165, 1.54) is 5.56 Å². The smallest absolute Gasteiger partial charge is 0.224 e. The Balaban J connectivity index is 1.84. The molecule has 0 aliphatic rings. The van der Waals surface area contributed by atoms with Crippen molar-refractivity contribution in [2.75, 3.05) is 5.32 Å². The Morgan fingerprint density at radius 3 is 2.36 bits per heavy atom. The summed E-state index contributed by atoms with van der Waals surface area (Å²) in [5, 5.41) is 9.29. The van der Waals surface area contributed by atoms with Crippen LogP contribution in [0.15, 0.2) is 30.3 Å². The predicted octanol–water partition coefficient (Wildman–Crippen LogP) is 5.15. The molecule has 3 aromatic heterocycles. The zero-order valence-electron chi connectivity index (χ0n) is 16.5. The third kappa shape index (κ3) is 3.43. The van der Waals surface area contributed by atoms with Crippen molar-refractivity contribution in [3.8, 4) is 5.82 Å². The minimum Gasteiger partial charge on any atom is -0.325 e. The third-order valence-corrected chi connectivity index (χ3v) is 4.74. The van der Waals surface area contributed by atoms with Gasteiger partial charge in [0.05, 0.1) is 11.2 Å². The number of hydrogen-bond acceptors (Lipinski definition) is 5. The van der Waals surface area contributed by atoms with Crippen LogP contribution >= 0.6 is 11.6 Å². The Kier molecular flexibility index (Phi) is 4.51. The van der Waals surface area contributed by atoms with Gasteiger partial charge in [-0.1, -0.05) is 11.6 Å². The molecule has 0 spiro atoms. The number of pyridine rings is 1. The van der Waals surface area contributed by atoms with Crippen molar-refractivity contribution in [3.63, 3.8) is 0 Å². The summed E-state index contributed by atoms with van der Waals surface area (Å²) < 4.78 is 1.80. The summed E-state index contributed by atoms with van der Waals surface area (Å²) in [6.45, 7) is 10.1. The number of halogens is 1. The zero-order valence-corrected chi connectivity index (χ0v) is 17.3. The molecular weight excluding hydrogens is 372 g/mol. The van der Waals surface area contributed by atoms with E-state index in [0.29, 0.717) is 5.82 Å². The van der Waals surface area contributed by atoms with Crippen LogP contribution in [-0.4, -0.2) is 24.7 Å². The molecule has 6 nitrogen and oxygen atoms in total. The second-order valence-corrected chi connectivity index (χ2v) is 7.48. The molecule has 0 aliphatic heterocycles. The predicted molar refractivity (Wildman–Crippen MR) is 113 cm³/mol. The van der Waals surface area contributed by atoms with E-state index in [9.17, 15) is 0 Å². The lowest BCUT2D eigenvalue weighted by molar-refractivity contribution is 0.841. The molecule has 0 fully saturated rings. The van der Waals surface area contributed by atoms with Gasteiger partial charge in [-0.3, -0.25) is 0 Å². The van der Waals surface area contributed by atoms with Gasteiger partial charge in [0.1, 0.15) is 11.6 Å². The Bertz CT molecular complexity index is 1190. The van der Waals surface area contributed by atoms with Gasteiger partial charge in [-0.15, -0.1) is 0 Å². The average Bonchev–Trinajstić information content (AvgIpc) is 2.95. The maximum Gasteiger partial charge on any atom is 0.224 e. The monoisotopic (exact) mass is 392 g/mol. The minimum absolute atomic E-state index is 0.205. The van der Waals surface area contributed by atoms with Crippen LogP contribution in [0.1, 0.15) is 28.1 Å². The van der Waals surface area contributed by atoms with E-state index >= 15 is 0 Å². The molecule has 7 heteroatoms. The van der Waals surface area contributed by atoms with Crippen molar-refractivity contribution < 1.29 is 0 Å². The molecule has 0 atom stereocenters. The molecule has 0 radical (unpaired) electrons. The first-order valence-electron chi connectivity index (χ1n) is 9.04. The molecule has 1 N–H and O–H groups in total. The van der Waals surface area contributed by atoms with Gasteiger partial charge in [0.2, 0.25) is 5.28 Å². The number of nitrogens with one attached hydrogen (secondary N) is 1. The highest BCUT2D eigenvalue weighted by Crippen LogP contribution is 2.27. The summed E-state index contributed by atoms with van der Waals surface area (Å²) in [4.78, 5) is 13.2. The van der Waals surface area contributed by atoms with Crippen LogP contribution in [0.5, 0.6) is 0 Å². The highest BCUT2D eigenvalue weighted by molar-refractivity contribution is 6.28. The number of aryl methyl sites for hydroxylation is 5. The molecule has 0 unspecified atom stereocenters. The molecule has 0 aliphatic carbocycles. The van der Waals surface area contributed by atoms with Crippen molar-refractivity contribution in [1.82, 2.24) is 24.7 Å². The van der Waals surface area contributed by atoms with Crippen molar-refractivity contribution in [2.24, 2.45) is 0 Å². The van der Waals surface area contributed by atoms with Crippen LogP contribution in [0.2, 0.25) is 5.28 Å². The molecule has 4 aromatic rings. The zero-order chi connectivity index (χ0) is 20.0.